The molecule has 8 heteroatoms. The van der Waals surface area contributed by atoms with Crippen LogP contribution in [0.3, 0.4) is 0 Å². The Labute approximate surface area is 134 Å². The first kappa shape index (κ1) is 14.1. The second-order valence-corrected chi connectivity index (χ2v) is 8.74. The van der Waals surface area contributed by atoms with Gasteiger partial charge in [0.25, 0.3) is 0 Å². The molecule has 3 heterocycles. The minimum atomic E-state index is -1.06. The first-order valence-electron chi connectivity index (χ1n) is 6.95. The van der Waals surface area contributed by atoms with E-state index in [-0.39, 0.29) is 23.6 Å². The summed E-state index contributed by atoms with van der Waals surface area (Å²) in [4.78, 5) is 38.3. The smallest absolute Gasteiger partial charge is 0.331 e. The molecule has 1 aromatic rings. The quantitative estimate of drug-likeness (QED) is 0.788. The average molecular weight is 338 g/mol. The molecule has 1 saturated carbocycles. The number of fused-ring (bicyclic) bond motifs is 3. The monoisotopic (exact) mass is 338 g/mol. The first-order valence-corrected chi connectivity index (χ1v) is 8.71. The number of aliphatic carboxylic acids is 1. The standard InChI is InChI=1S/C14H14N2O4S2/c1-13-6-14(13,12(19)20)16-10(18)9(11(16)22-13)15-8(17)5-7-3-2-4-21-7/h2-4,9,11H,5-6H2,1H3,(H,15,17)(H,19,20)/t9?,11-,13?,14?/m0/s1. The lowest BCUT2D eigenvalue weighted by atomic mass is 10.0. The van der Waals surface area contributed by atoms with Crippen LogP contribution in [-0.4, -0.2) is 49.5 Å². The number of carbonyl (C=O) groups is 3. The maximum absolute atomic E-state index is 12.3. The maximum Gasteiger partial charge on any atom is 0.331 e. The van der Waals surface area contributed by atoms with E-state index in [4.69, 9.17) is 0 Å². The normalized spacial score (nSPS) is 38.0. The van der Waals surface area contributed by atoms with Gasteiger partial charge < -0.3 is 15.3 Å². The molecule has 3 unspecified atom stereocenters. The molecule has 1 aromatic heterocycles. The Morgan fingerprint density at radius 3 is 2.95 bits per heavy atom. The van der Waals surface area contributed by atoms with E-state index in [2.05, 4.69) is 5.32 Å². The number of amides is 2. The largest absolute Gasteiger partial charge is 0.479 e. The molecule has 0 spiro atoms. The SMILES string of the molecule is CC12CC1(C(=O)O)N1C(=O)C(NC(=O)Cc3cccs3)[C@@H]1S2. The molecular formula is C14H14N2O4S2. The van der Waals surface area contributed by atoms with Gasteiger partial charge in [-0.05, 0) is 18.4 Å². The molecule has 0 radical (unpaired) electrons. The summed E-state index contributed by atoms with van der Waals surface area (Å²) < 4.78 is -0.424. The average Bonchev–Trinajstić information content (AvgIpc) is 2.79. The van der Waals surface area contributed by atoms with Crippen LogP contribution in [0, 0.1) is 0 Å². The van der Waals surface area contributed by atoms with Gasteiger partial charge in [-0.25, -0.2) is 4.79 Å². The summed E-state index contributed by atoms with van der Waals surface area (Å²) in [5.74, 6) is -1.42. The summed E-state index contributed by atoms with van der Waals surface area (Å²) in [6.45, 7) is 1.88. The second-order valence-electron chi connectivity index (χ2n) is 6.09. The molecule has 4 atom stereocenters. The van der Waals surface area contributed by atoms with Crippen LogP contribution < -0.4 is 5.32 Å². The van der Waals surface area contributed by atoms with Crippen molar-refractivity contribution in [1.29, 1.82) is 0 Å². The lowest BCUT2D eigenvalue weighted by Gasteiger charge is -2.45. The topological polar surface area (TPSA) is 86.7 Å². The van der Waals surface area contributed by atoms with Gasteiger partial charge in [0.15, 0.2) is 5.54 Å². The van der Waals surface area contributed by atoms with Gasteiger partial charge in [0, 0.05) is 11.3 Å². The fourth-order valence-electron chi connectivity index (χ4n) is 3.51. The minimum Gasteiger partial charge on any atom is -0.479 e. The molecule has 1 aliphatic carbocycles. The van der Waals surface area contributed by atoms with Gasteiger partial charge in [0.1, 0.15) is 11.4 Å². The number of thioether (sulfide) groups is 1. The molecule has 2 aliphatic heterocycles. The molecule has 3 fully saturated rings. The van der Waals surface area contributed by atoms with Crippen molar-refractivity contribution in [1.82, 2.24) is 10.2 Å². The predicted octanol–water partition coefficient (Wildman–Crippen LogP) is 0.676. The third-order valence-corrected chi connectivity index (χ3v) is 7.37. The van der Waals surface area contributed by atoms with Crippen LogP contribution in [-0.2, 0) is 20.8 Å². The van der Waals surface area contributed by atoms with Gasteiger partial charge in [-0.15, -0.1) is 23.1 Å². The van der Waals surface area contributed by atoms with Crippen LogP contribution in [0.1, 0.15) is 18.2 Å². The highest BCUT2D eigenvalue weighted by molar-refractivity contribution is 8.02. The van der Waals surface area contributed by atoms with E-state index in [0.717, 1.165) is 4.88 Å². The molecule has 2 N–H and O–H groups in total. The number of rotatable bonds is 4. The number of carbonyl (C=O) groups excluding carboxylic acids is 2. The van der Waals surface area contributed by atoms with E-state index in [1.807, 2.05) is 24.4 Å². The van der Waals surface area contributed by atoms with Crippen LogP contribution in [0.15, 0.2) is 17.5 Å². The van der Waals surface area contributed by atoms with Crippen molar-refractivity contribution in [2.24, 2.45) is 0 Å². The van der Waals surface area contributed by atoms with Crippen molar-refractivity contribution in [2.75, 3.05) is 0 Å². The molecule has 6 nitrogen and oxygen atoms in total. The number of carboxylic acids is 1. The van der Waals surface area contributed by atoms with Crippen LogP contribution >= 0.6 is 23.1 Å². The van der Waals surface area contributed by atoms with Gasteiger partial charge in [0.2, 0.25) is 11.8 Å². The summed E-state index contributed by atoms with van der Waals surface area (Å²) in [6.07, 6.45) is 0.734. The first-order chi connectivity index (χ1) is 10.4. The summed E-state index contributed by atoms with van der Waals surface area (Å²) in [5.41, 5.74) is -1.06. The van der Waals surface area contributed by atoms with E-state index in [0.29, 0.717) is 6.42 Å². The number of β-lactam (4-membered cyclic amide) rings is 1. The van der Waals surface area contributed by atoms with Crippen molar-refractivity contribution >= 4 is 40.9 Å². The fraction of sp³-hybridized carbons (Fsp3) is 0.500. The Balaban J connectivity index is 1.46. The summed E-state index contributed by atoms with van der Waals surface area (Å²) in [5, 5.41) is 13.9. The number of hydrogen-bond acceptors (Lipinski definition) is 5. The van der Waals surface area contributed by atoms with Gasteiger partial charge in [-0.2, -0.15) is 0 Å². The van der Waals surface area contributed by atoms with E-state index < -0.39 is 22.3 Å². The molecule has 4 rings (SSSR count). The zero-order valence-electron chi connectivity index (χ0n) is 11.7. The molecule has 3 aliphatic rings. The lowest BCUT2D eigenvalue weighted by Crippen LogP contribution is -2.72. The third-order valence-electron chi connectivity index (χ3n) is 4.76. The molecule has 2 amide bonds. The number of thiophene rings is 1. The Hall–Kier alpha value is -1.54. The van der Waals surface area contributed by atoms with Gasteiger partial charge in [-0.1, -0.05) is 6.07 Å². The van der Waals surface area contributed by atoms with E-state index >= 15 is 0 Å². The fourth-order valence-corrected chi connectivity index (χ4v) is 6.13. The second kappa shape index (κ2) is 4.26. The zero-order valence-corrected chi connectivity index (χ0v) is 13.4. The summed E-state index contributed by atoms with van der Waals surface area (Å²) in [7, 11) is 0. The van der Waals surface area contributed by atoms with Crippen molar-refractivity contribution < 1.29 is 19.5 Å². The van der Waals surface area contributed by atoms with Crippen molar-refractivity contribution in [3.8, 4) is 0 Å². The summed E-state index contributed by atoms with van der Waals surface area (Å²) >= 11 is 2.99. The Bertz CT molecular complexity index is 691. The highest BCUT2D eigenvalue weighted by Gasteiger charge is 2.85. The third kappa shape index (κ3) is 1.59. The highest BCUT2D eigenvalue weighted by Crippen LogP contribution is 2.71. The Kier molecular flexibility index (Phi) is 2.73. The molecule has 2 saturated heterocycles. The molecule has 0 aromatic carbocycles. The Morgan fingerprint density at radius 1 is 1.55 bits per heavy atom. The predicted molar refractivity (Wildman–Crippen MR) is 81.6 cm³/mol. The van der Waals surface area contributed by atoms with Crippen molar-refractivity contribution in [3.05, 3.63) is 22.4 Å². The van der Waals surface area contributed by atoms with E-state index in [1.54, 1.807) is 0 Å². The highest BCUT2D eigenvalue weighted by atomic mass is 32.2. The van der Waals surface area contributed by atoms with E-state index in [9.17, 15) is 19.5 Å². The van der Waals surface area contributed by atoms with Crippen molar-refractivity contribution in [3.63, 3.8) is 0 Å². The number of nitrogens with zero attached hydrogens (tertiary/aromatic N) is 1. The van der Waals surface area contributed by atoms with Gasteiger partial charge in [-0.3, -0.25) is 9.59 Å². The molecule has 0 bridgehead atoms. The lowest BCUT2D eigenvalue weighted by molar-refractivity contribution is -0.163. The maximum atomic E-state index is 12.3. The molecule has 116 valence electrons. The zero-order chi connectivity index (χ0) is 15.7. The summed E-state index contributed by atoms with van der Waals surface area (Å²) in [6, 6.07) is 3.15. The van der Waals surface area contributed by atoms with Crippen LogP contribution in [0.5, 0.6) is 0 Å². The number of carboxylic acid groups (broad SMARTS) is 1. The van der Waals surface area contributed by atoms with Crippen LogP contribution in [0.2, 0.25) is 0 Å². The van der Waals surface area contributed by atoms with Crippen LogP contribution in [0.4, 0.5) is 0 Å². The molecular weight excluding hydrogens is 324 g/mol. The molecule has 22 heavy (non-hydrogen) atoms. The van der Waals surface area contributed by atoms with Crippen LogP contribution in [0.25, 0.3) is 0 Å². The number of hydrogen-bond donors (Lipinski definition) is 2. The van der Waals surface area contributed by atoms with Gasteiger partial charge >= 0.3 is 5.97 Å². The minimum absolute atomic E-state index is 0.198. The Morgan fingerprint density at radius 2 is 2.32 bits per heavy atom. The van der Waals surface area contributed by atoms with Gasteiger partial charge in [0.05, 0.1) is 11.2 Å². The van der Waals surface area contributed by atoms with E-state index in [1.165, 1.54) is 28.0 Å². The van der Waals surface area contributed by atoms with Crippen molar-refractivity contribution in [2.45, 2.75) is 41.5 Å². The number of nitrogens with one attached hydrogen (secondary N) is 1.